The van der Waals surface area contributed by atoms with E-state index in [1.165, 1.54) is 26.4 Å². The molecule has 0 saturated carbocycles. The fourth-order valence-electron chi connectivity index (χ4n) is 2.81. The van der Waals surface area contributed by atoms with Gasteiger partial charge in [-0.05, 0) is 35.9 Å². The first-order valence-electron chi connectivity index (χ1n) is 8.56. The molecule has 0 bridgehead atoms. The summed E-state index contributed by atoms with van der Waals surface area (Å²) in [5.74, 6) is 0.501. The predicted octanol–water partition coefficient (Wildman–Crippen LogP) is 5.15. The number of methoxy groups -OCH3 is 2. The van der Waals surface area contributed by atoms with Crippen LogP contribution < -0.4 is 15.0 Å². The SMILES string of the molecule is COc1cc2nc(/C=C/c3cc(C(F)(F)F)cc(C(F)(F)F)c3)[nH]c(=O)c2cc1OC. The monoisotopic (exact) mass is 444 g/mol. The van der Waals surface area contributed by atoms with Gasteiger partial charge in [-0.3, -0.25) is 4.79 Å². The number of aromatic amines is 1. The van der Waals surface area contributed by atoms with Gasteiger partial charge in [-0.2, -0.15) is 26.3 Å². The number of nitrogens with one attached hydrogen (secondary N) is 1. The van der Waals surface area contributed by atoms with Crippen molar-refractivity contribution in [3.05, 3.63) is 63.2 Å². The van der Waals surface area contributed by atoms with Gasteiger partial charge in [0.05, 0.1) is 36.2 Å². The van der Waals surface area contributed by atoms with Crippen molar-refractivity contribution >= 4 is 23.1 Å². The molecule has 0 aliphatic carbocycles. The predicted molar refractivity (Wildman–Crippen MR) is 101 cm³/mol. The first kappa shape index (κ1) is 22.2. The first-order valence-corrected chi connectivity index (χ1v) is 8.56. The Morgan fingerprint density at radius 2 is 1.39 bits per heavy atom. The summed E-state index contributed by atoms with van der Waals surface area (Å²) in [5.41, 5.74) is -3.64. The minimum atomic E-state index is -4.96. The number of halogens is 6. The maximum absolute atomic E-state index is 13.0. The summed E-state index contributed by atoms with van der Waals surface area (Å²) < 4.78 is 88.2. The molecule has 1 N–H and O–H groups in total. The summed E-state index contributed by atoms with van der Waals surface area (Å²) in [7, 11) is 2.76. The molecule has 0 radical (unpaired) electrons. The highest BCUT2D eigenvalue weighted by Gasteiger charge is 2.36. The van der Waals surface area contributed by atoms with Gasteiger partial charge < -0.3 is 14.5 Å². The summed E-state index contributed by atoms with van der Waals surface area (Å²) >= 11 is 0. The van der Waals surface area contributed by atoms with E-state index in [0.29, 0.717) is 12.1 Å². The molecule has 5 nitrogen and oxygen atoms in total. The Hall–Kier alpha value is -3.50. The van der Waals surface area contributed by atoms with Crippen LogP contribution in [0.4, 0.5) is 26.3 Å². The van der Waals surface area contributed by atoms with Crippen LogP contribution in [0.1, 0.15) is 22.5 Å². The van der Waals surface area contributed by atoms with Crippen LogP contribution in [0.15, 0.2) is 35.1 Å². The summed E-state index contributed by atoms with van der Waals surface area (Å²) in [6, 6.07) is 3.99. The smallest absolute Gasteiger partial charge is 0.416 e. The van der Waals surface area contributed by atoms with E-state index >= 15 is 0 Å². The van der Waals surface area contributed by atoms with Crippen molar-refractivity contribution in [3.8, 4) is 11.5 Å². The van der Waals surface area contributed by atoms with Crippen molar-refractivity contribution in [1.29, 1.82) is 0 Å². The molecule has 164 valence electrons. The highest BCUT2D eigenvalue weighted by molar-refractivity contribution is 5.83. The van der Waals surface area contributed by atoms with Gasteiger partial charge in [-0.15, -0.1) is 0 Å². The molecule has 0 aliphatic heterocycles. The second-order valence-corrected chi connectivity index (χ2v) is 6.35. The minimum absolute atomic E-state index is 0.0349. The molecule has 0 saturated heterocycles. The number of aromatic nitrogens is 2. The van der Waals surface area contributed by atoms with E-state index in [4.69, 9.17) is 9.47 Å². The van der Waals surface area contributed by atoms with Crippen molar-refractivity contribution < 1.29 is 35.8 Å². The van der Waals surface area contributed by atoms with E-state index in [1.807, 2.05) is 0 Å². The molecule has 0 atom stereocenters. The fraction of sp³-hybridized carbons (Fsp3) is 0.200. The van der Waals surface area contributed by atoms with Crippen LogP contribution in [0, 0.1) is 0 Å². The highest BCUT2D eigenvalue weighted by atomic mass is 19.4. The normalized spacial score (nSPS) is 12.5. The number of hydrogen-bond acceptors (Lipinski definition) is 4. The van der Waals surface area contributed by atoms with Crippen molar-refractivity contribution in [2.45, 2.75) is 12.4 Å². The Bertz CT molecular complexity index is 1180. The zero-order valence-electron chi connectivity index (χ0n) is 16.0. The third-order valence-corrected chi connectivity index (χ3v) is 4.27. The third-order valence-electron chi connectivity index (χ3n) is 4.27. The second-order valence-electron chi connectivity index (χ2n) is 6.35. The summed E-state index contributed by atoms with van der Waals surface area (Å²) in [4.78, 5) is 18.9. The summed E-state index contributed by atoms with van der Waals surface area (Å²) in [6.45, 7) is 0. The Morgan fingerprint density at radius 3 is 1.90 bits per heavy atom. The molecule has 0 aliphatic rings. The number of hydrogen-bond donors (Lipinski definition) is 1. The maximum atomic E-state index is 13.0. The first-order chi connectivity index (χ1) is 14.4. The zero-order chi connectivity index (χ0) is 23.0. The number of ether oxygens (including phenoxy) is 2. The van der Waals surface area contributed by atoms with E-state index in [2.05, 4.69) is 9.97 Å². The molecule has 3 rings (SSSR count). The van der Waals surface area contributed by atoms with E-state index in [9.17, 15) is 31.1 Å². The van der Waals surface area contributed by atoms with Crippen LogP contribution in [0.3, 0.4) is 0 Å². The van der Waals surface area contributed by atoms with Crippen molar-refractivity contribution in [1.82, 2.24) is 9.97 Å². The van der Waals surface area contributed by atoms with Crippen LogP contribution in [-0.2, 0) is 12.4 Å². The van der Waals surface area contributed by atoms with Gasteiger partial charge in [0.25, 0.3) is 5.56 Å². The number of H-pyrrole nitrogens is 1. The standard InChI is InChI=1S/C20H14F6N2O3/c1-30-15-8-13-14(9-16(15)31-2)27-17(28-18(13)29)4-3-10-5-11(19(21,22)23)7-12(6-10)20(24,25)26/h3-9H,1-2H3,(H,27,28,29)/b4-3+. The number of nitrogens with zero attached hydrogens (tertiary/aromatic N) is 1. The molecule has 0 unspecified atom stereocenters. The lowest BCUT2D eigenvalue weighted by atomic mass is 10.0. The van der Waals surface area contributed by atoms with Crippen LogP contribution in [0.2, 0.25) is 0 Å². The molecule has 2 aromatic carbocycles. The van der Waals surface area contributed by atoms with Gasteiger partial charge >= 0.3 is 12.4 Å². The number of benzene rings is 2. The maximum Gasteiger partial charge on any atom is 0.416 e. The average Bonchev–Trinajstić information content (AvgIpc) is 2.69. The topological polar surface area (TPSA) is 64.2 Å². The van der Waals surface area contributed by atoms with E-state index in [0.717, 1.165) is 12.2 Å². The largest absolute Gasteiger partial charge is 0.493 e. The Labute approximate surface area is 170 Å². The fourth-order valence-corrected chi connectivity index (χ4v) is 2.81. The lowest BCUT2D eigenvalue weighted by Gasteiger charge is -2.13. The van der Waals surface area contributed by atoms with E-state index in [1.54, 1.807) is 0 Å². The van der Waals surface area contributed by atoms with Crippen LogP contribution in [-0.4, -0.2) is 24.2 Å². The van der Waals surface area contributed by atoms with Gasteiger partial charge in [-0.1, -0.05) is 6.08 Å². The molecule has 1 aromatic heterocycles. The van der Waals surface area contributed by atoms with Gasteiger partial charge in [-0.25, -0.2) is 4.98 Å². The van der Waals surface area contributed by atoms with Gasteiger partial charge in [0.2, 0.25) is 0 Å². The quantitative estimate of drug-likeness (QED) is 0.566. The highest BCUT2D eigenvalue weighted by Crippen LogP contribution is 2.36. The zero-order valence-corrected chi connectivity index (χ0v) is 16.0. The lowest BCUT2D eigenvalue weighted by molar-refractivity contribution is -0.143. The average molecular weight is 444 g/mol. The van der Waals surface area contributed by atoms with Gasteiger partial charge in [0.1, 0.15) is 5.82 Å². The Balaban J connectivity index is 2.08. The molecule has 0 amide bonds. The van der Waals surface area contributed by atoms with Crippen LogP contribution in [0.25, 0.3) is 23.1 Å². The van der Waals surface area contributed by atoms with Gasteiger partial charge in [0.15, 0.2) is 11.5 Å². The van der Waals surface area contributed by atoms with Crippen molar-refractivity contribution in [2.75, 3.05) is 14.2 Å². The molecule has 31 heavy (non-hydrogen) atoms. The van der Waals surface area contributed by atoms with Crippen LogP contribution >= 0.6 is 0 Å². The molecule has 0 spiro atoms. The Kier molecular flexibility index (Phi) is 5.70. The molecular weight excluding hydrogens is 430 g/mol. The lowest BCUT2D eigenvalue weighted by Crippen LogP contribution is -2.11. The number of alkyl halides is 6. The van der Waals surface area contributed by atoms with E-state index < -0.39 is 29.0 Å². The molecule has 11 heteroatoms. The molecular formula is C20H14F6N2O3. The van der Waals surface area contributed by atoms with Crippen molar-refractivity contribution in [3.63, 3.8) is 0 Å². The number of fused-ring (bicyclic) bond motifs is 1. The number of rotatable bonds is 4. The van der Waals surface area contributed by atoms with Gasteiger partial charge in [0, 0.05) is 6.07 Å². The molecule has 1 heterocycles. The Morgan fingerprint density at radius 1 is 0.839 bits per heavy atom. The summed E-state index contributed by atoms with van der Waals surface area (Å²) in [6.07, 6.45) is -7.83. The van der Waals surface area contributed by atoms with Crippen molar-refractivity contribution in [2.24, 2.45) is 0 Å². The molecule has 0 fully saturated rings. The summed E-state index contributed by atoms with van der Waals surface area (Å²) in [5, 5.41) is 0.160. The minimum Gasteiger partial charge on any atom is -0.493 e. The molecule has 3 aromatic rings. The van der Waals surface area contributed by atoms with E-state index in [-0.39, 0.29) is 39.9 Å². The third kappa shape index (κ3) is 4.81. The van der Waals surface area contributed by atoms with Crippen LogP contribution in [0.5, 0.6) is 11.5 Å². The second kappa shape index (κ2) is 7.97.